The van der Waals surface area contributed by atoms with Crippen molar-refractivity contribution in [1.82, 2.24) is 4.98 Å². The summed E-state index contributed by atoms with van der Waals surface area (Å²) in [6.45, 7) is 5.36. The van der Waals surface area contributed by atoms with E-state index in [9.17, 15) is 0 Å². The molecule has 0 spiro atoms. The Balaban J connectivity index is 2.08. The van der Waals surface area contributed by atoms with E-state index in [1.807, 2.05) is 12.3 Å². The van der Waals surface area contributed by atoms with Crippen LogP contribution in [0, 0.1) is 5.92 Å². The quantitative estimate of drug-likeness (QED) is 0.865. The topological polar surface area (TPSA) is 24.9 Å². The Morgan fingerprint density at radius 2 is 2.00 bits per heavy atom. The normalized spacial score (nSPS) is 10.7. The molecule has 0 saturated heterocycles. The molecule has 0 amide bonds. The summed E-state index contributed by atoms with van der Waals surface area (Å²) < 4.78 is 0. The van der Waals surface area contributed by atoms with E-state index < -0.39 is 0 Å². The number of rotatable bonds is 4. The SMILES string of the molecule is CC(C)CNc1ncc(-c2ccccc2)s1. The number of hydrogen-bond acceptors (Lipinski definition) is 3. The molecule has 0 unspecified atom stereocenters. The Bertz CT molecular complexity index is 434. The summed E-state index contributed by atoms with van der Waals surface area (Å²) in [5.41, 5.74) is 1.23. The van der Waals surface area contributed by atoms with Gasteiger partial charge in [0, 0.05) is 12.7 Å². The van der Waals surface area contributed by atoms with Gasteiger partial charge in [-0.2, -0.15) is 0 Å². The van der Waals surface area contributed by atoms with Gasteiger partial charge in [0.2, 0.25) is 0 Å². The molecule has 0 bridgehead atoms. The first-order valence-corrected chi connectivity index (χ1v) is 6.32. The lowest BCUT2D eigenvalue weighted by atomic mass is 10.2. The van der Waals surface area contributed by atoms with Crippen molar-refractivity contribution in [1.29, 1.82) is 0 Å². The van der Waals surface area contributed by atoms with E-state index in [-0.39, 0.29) is 0 Å². The average Bonchev–Trinajstić information content (AvgIpc) is 2.76. The second kappa shape index (κ2) is 5.12. The molecule has 0 saturated carbocycles. The van der Waals surface area contributed by atoms with E-state index in [4.69, 9.17) is 0 Å². The molecule has 2 rings (SSSR count). The fourth-order valence-electron chi connectivity index (χ4n) is 1.38. The third-order valence-electron chi connectivity index (χ3n) is 2.23. The largest absolute Gasteiger partial charge is 0.361 e. The number of aromatic nitrogens is 1. The van der Waals surface area contributed by atoms with Gasteiger partial charge in [0.05, 0.1) is 4.88 Å². The van der Waals surface area contributed by atoms with Crippen LogP contribution in [0.5, 0.6) is 0 Å². The average molecular weight is 232 g/mol. The van der Waals surface area contributed by atoms with Gasteiger partial charge in [0.1, 0.15) is 0 Å². The molecule has 1 heterocycles. The molecule has 0 aliphatic rings. The lowest BCUT2D eigenvalue weighted by molar-refractivity contribution is 0.688. The van der Waals surface area contributed by atoms with Crippen molar-refractivity contribution >= 4 is 16.5 Å². The number of nitrogens with zero attached hydrogens (tertiary/aromatic N) is 1. The molecule has 1 aromatic heterocycles. The van der Waals surface area contributed by atoms with Crippen LogP contribution in [0.25, 0.3) is 10.4 Å². The van der Waals surface area contributed by atoms with Crippen LogP contribution in [-0.2, 0) is 0 Å². The molecule has 0 fully saturated rings. The van der Waals surface area contributed by atoms with Crippen LogP contribution in [0.3, 0.4) is 0 Å². The summed E-state index contributed by atoms with van der Waals surface area (Å²) in [5, 5.41) is 4.35. The summed E-state index contributed by atoms with van der Waals surface area (Å²) in [6, 6.07) is 10.4. The maximum absolute atomic E-state index is 4.37. The van der Waals surface area contributed by atoms with Gasteiger partial charge in [-0.15, -0.1) is 0 Å². The Labute approximate surface area is 100 Å². The van der Waals surface area contributed by atoms with E-state index in [1.165, 1.54) is 10.4 Å². The van der Waals surface area contributed by atoms with Gasteiger partial charge in [-0.25, -0.2) is 4.98 Å². The first-order chi connectivity index (χ1) is 7.75. The standard InChI is InChI=1S/C13H16N2S/c1-10(2)8-14-13-15-9-12(16-13)11-6-4-3-5-7-11/h3-7,9-10H,8H2,1-2H3,(H,14,15). The van der Waals surface area contributed by atoms with Crippen molar-refractivity contribution in [3.63, 3.8) is 0 Å². The zero-order valence-electron chi connectivity index (χ0n) is 9.60. The van der Waals surface area contributed by atoms with Crippen LogP contribution in [0.2, 0.25) is 0 Å². The summed E-state index contributed by atoms with van der Waals surface area (Å²) >= 11 is 1.71. The van der Waals surface area contributed by atoms with Gasteiger partial charge in [-0.3, -0.25) is 0 Å². The minimum Gasteiger partial charge on any atom is -0.361 e. The first kappa shape index (κ1) is 11.1. The summed E-state index contributed by atoms with van der Waals surface area (Å²) in [5.74, 6) is 0.643. The highest BCUT2D eigenvalue weighted by molar-refractivity contribution is 7.18. The molecule has 1 aromatic carbocycles. The molecule has 0 aliphatic carbocycles. The highest BCUT2D eigenvalue weighted by atomic mass is 32.1. The fourth-order valence-corrected chi connectivity index (χ4v) is 2.21. The molecule has 16 heavy (non-hydrogen) atoms. The minimum absolute atomic E-state index is 0.643. The third-order valence-corrected chi connectivity index (χ3v) is 3.23. The van der Waals surface area contributed by atoms with Crippen LogP contribution in [0.4, 0.5) is 5.13 Å². The molecule has 2 nitrogen and oxygen atoms in total. The van der Waals surface area contributed by atoms with Crippen molar-refractivity contribution in [2.45, 2.75) is 13.8 Å². The van der Waals surface area contributed by atoms with Gasteiger partial charge in [0.25, 0.3) is 0 Å². The number of thiazole rings is 1. The zero-order chi connectivity index (χ0) is 11.4. The summed E-state index contributed by atoms with van der Waals surface area (Å²) in [7, 11) is 0. The van der Waals surface area contributed by atoms with Crippen molar-refractivity contribution in [2.75, 3.05) is 11.9 Å². The van der Waals surface area contributed by atoms with Crippen LogP contribution >= 0.6 is 11.3 Å². The molecule has 0 atom stereocenters. The zero-order valence-corrected chi connectivity index (χ0v) is 10.4. The molecule has 3 heteroatoms. The number of benzene rings is 1. The Morgan fingerprint density at radius 3 is 2.69 bits per heavy atom. The molecule has 2 aromatic rings. The van der Waals surface area contributed by atoms with Gasteiger partial charge in [-0.1, -0.05) is 55.5 Å². The molecule has 84 valence electrons. The predicted octanol–water partition coefficient (Wildman–Crippen LogP) is 3.88. The van der Waals surface area contributed by atoms with E-state index >= 15 is 0 Å². The molecular formula is C13H16N2S. The number of anilines is 1. The van der Waals surface area contributed by atoms with Crippen molar-refractivity contribution in [2.24, 2.45) is 5.92 Å². The van der Waals surface area contributed by atoms with Crippen molar-refractivity contribution in [3.8, 4) is 10.4 Å². The number of nitrogens with one attached hydrogen (secondary N) is 1. The van der Waals surface area contributed by atoms with Crippen molar-refractivity contribution < 1.29 is 0 Å². The van der Waals surface area contributed by atoms with Gasteiger partial charge in [-0.05, 0) is 11.5 Å². The molecule has 0 aliphatic heterocycles. The third kappa shape index (κ3) is 2.83. The molecular weight excluding hydrogens is 216 g/mol. The summed E-state index contributed by atoms with van der Waals surface area (Å²) in [6.07, 6.45) is 1.93. The smallest absolute Gasteiger partial charge is 0.183 e. The Kier molecular flexibility index (Phi) is 3.57. The van der Waals surface area contributed by atoms with E-state index in [2.05, 4.69) is 48.4 Å². The predicted molar refractivity (Wildman–Crippen MR) is 70.9 cm³/mol. The van der Waals surface area contributed by atoms with E-state index in [0.717, 1.165) is 11.7 Å². The highest BCUT2D eigenvalue weighted by Crippen LogP contribution is 2.28. The second-order valence-corrected chi connectivity index (χ2v) is 5.20. The molecule has 0 radical (unpaired) electrons. The van der Waals surface area contributed by atoms with E-state index in [0.29, 0.717) is 5.92 Å². The maximum atomic E-state index is 4.37. The maximum Gasteiger partial charge on any atom is 0.183 e. The monoisotopic (exact) mass is 232 g/mol. The van der Waals surface area contributed by atoms with Crippen LogP contribution in [-0.4, -0.2) is 11.5 Å². The summed E-state index contributed by atoms with van der Waals surface area (Å²) in [4.78, 5) is 5.59. The van der Waals surface area contributed by atoms with Gasteiger partial charge >= 0.3 is 0 Å². The van der Waals surface area contributed by atoms with Crippen LogP contribution in [0.15, 0.2) is 36.5 Å². The minimum atomic E-state index is 0.643. The number of hydrogen-bond donors (Lipinski definition) is 1. The van der Waals surface area contributed by atoms with Gasteiger partial charge in [0.15, 0.2) is 5.13 Å². The highest BCUT2D eigenvalue weighted by Gasteiger charge is 2.03. The van der Waals surface area contributed by atoms with Gasteiger partial charge < -0.3 is 5.32 Å². The van der Waals surface area contributed by atoms with Crippen LogP contribution in [0.1, 0.15) is 13.8 Å². The first-order valence-electron chi connectivity index (χ1n) is 5.51. The van der Waals surface area contributed by atoms with Crippen LogP contribution < -0.4 is 5.32 Å². The lowest BCUT2D eigenvalue weighted by Gasteiger charge is -2.04. The fraction of sp³-hybridized carbons (Fsp3) is 0.308. The lowest BCUT2D eigenvalue weighted by Crippen LogP contribution is -2.07. The Hall–Kier alpha value is -1.35. The molecule has 1 N–H and O–H groups in total. The van der Waals surface area contributed by atoms with Crippen molar-refractivity contribution in [3.05, 3.63) is 36.5 Å². The second-order valence-electron chi connectivity index (χ2n) is 4.17. The Morgan fingerprint density at radius 1 is 1.25 bits per heavy atom. The van der Waals surface area contributed by atoms with E-state index in [1.54, 1.807) is 11.3 Å².